The second-order valence-corrected chi connectivity index (χ2v) is 6.29. The number of hydrogen-bond donors (Lipinski definition) is 2. The van der Waals surface area contributed by atoms with Gasteiger partial charge in [-0.1, -0.05) is 29.4 Å². The van der Waals surface area contributed by atoms with Crippen LogP contribution in [0.15, 0.2) is 35.5 Å². The van der Waals surface area contributed by atoms with Crippen molar-refractivity contribution in [2.24, 2.45) is 10.9 Å². The quantitative estimate of drug-likeness (QED) is 0.554. The van der Waals surface area contributed by atoms with E-state index in [-0.39, 0.29) is 6.61 Å². The molecule has 5 nitrogen and oxygen atoms in total. The second kappa shape index (κ2) is 7.25. The molecule has 0 amide bonds. The minimum absolute atomic E-state index is 0.0448. The summed E-state index contributed by atoms with van der Waals surface area (Å²) < 4.78 is 2.30. The number of aliphatic hydroxyl groups is 1. The van der Waals surface area contributed by atoms with Crippen LogP contribution in [0.5, 0.6) is 0 Å². The molecule has 0 atom stereocenters. The largest absolute Gasteiger partial charge is 0.399 e. The van der Waals surface area contributed by atoms with Gasteiger partial charge in [0.1, 0.15) is 12.5 Å². The number of pyridine rings is 1. The molecule has 3 N–H and O–H groups in total. The molecule has 3 rings (SSSR count). The topological polar surface area (TPSA) is 72.8 Å². The van der Waals surface area contributed by atoms with Crippen LogP contribution >= 0.6 is 0 Å². The maximum atomic E-state index is 9.85. The summed E-state index contributed by atoms with van der Waals surface area (Å²) in [6, 6.07) is 10.2. The van der Waals surface area contributed by atoms with E-state index in [1.54, 1.807) is 7.11 Å². The lowest BCUT2D eigenvalue weighted by atomic mass is 9.99. The highest BCUT2D eigenvalue weighted by Gasteiger charge is 2.15. The van der Waals surface area contributed by atoms with E-state index in [4.69, 9.17) is 10.6 Å². The third kappa shape index (κ3) is 2.90. The van der Waals surface area contributed by atoms with Gasteiger partial charge in [0.2, 0.25) is 0 Å². The Bertz CT molecular complexity index is 990. The monoisotopic (exact) mass is 339 g/mol. The van der Waals surface area contributed by atoms with Crippen LogP contribution in [-0.4, -0.2) is 23.3 Å². The molecule has 25 heavy (non-hydrogen) atoms. The zero-order valence-electron chi connectivity index (χ0n) is 15.0. The first-order chi connectivity index (χ1) is 12.1. The normalized spacial score (nSPS) is 12.3. The van der Waals surface area contributed by atoms with E-state index in [0.29, 0.717) is 6.54 Å². The van der Waals surface area contributed by atoms with E-state index in [2.05, 4.69) is 41.8 Å². The van der Waals surface area contributed by atoms with Crippen molar-refractivity contribution in [1.29, 1.82) is 0 Å². The predicted octanol–water partition coefficient (Wildman–Crippen LogP) is 2.71. The van der Waals surface area contributed by atoms with E-state index in [1.807, 2.05) is 12.1 Å². The fourth-order valence-corrected chi connectivity index (χ4v) is 3.48. The van der Waals surface area contributed by atoms with E-state index in [0.717, 1.165) is 45.7 Å². The average molecular weight is 339 g/mol. The van der Waals surface area contributed by atoms with Crippen molar-refractivity contribution < 1.29 is 9.94 Å². The van der Waals surface area contributed by atoms with Gasteiger partial charge in [-0.15, -0.1) is 0 Å². The molecule has 0 fully saturated rings. The number of nitrogens with two attached hydrogens (primary N) is 1. The Balaban J connectivity index is 2.62. The lowest BCUT2D eigenvalue weighted by Gasteiger charge is -2.20. The molecule has 5 heteroatoms. The van der Waals surface area contributed by atoms with Crippen LogP contribution in [0.2, 0.25) is 0 Å². The molecule has 0 bridgehead atoms. The highest BCUT2D eigenvalue weighted by Crippen LogP contribution is 2.26. The SMILES string of the molecule is CON=c1c2ccc(C)c(C)c2n(CCCN)c2cccc(CO)c12. The van der Waals surface area contributed by atoms with E-state index in [1.165, 1.54) is 11.1 Å². The second-order valence-electron chi connectivity index (χ2n) is 6.29. The van der Waals surface area contributed by atoms with Crippen LogP contribution in [0.25, 0.3) is 21.8 Å². The molecule has 0 radical (unpaired) electrons. The molecule has 1 heterocycles. The lowest BCUT2D eigenvalue weighted by Crippen LogP contribution is -2.17. The van der Waals surface area contributed by atoms with Gasteiger partial charge in [0.15, 0.2) is 0 Å². The Hall–Kier alpha value is -2.37. The molecular weight excluding hydrogens is 314 g/mol. The Morgan fingerprint density at radius 2 is 2.00 bits per heavy atom. The fraction of sp³-hybridized carbons (Fsp3) is 0.350. The highest BCUT2D eigenvalue weighted by atomic mass is 16.6. The number of rotatable bonds is 5. The van der Waals surface area contributed by atoms with Crippen LogP contribution < -0.4 is 11.1 Å². The van der Waals surface area contributed by atoms with Gasteiger partial charge < -0.3 is 20.2 Å². The molecule has 0 aliphatic rings. The summed E-state index contributed by atoms with van der Waals surface area (Å²) in [5.74, 6) is 0. The minimum atomic E-state index is -0.0448. The van der Waals surface area contributed by atoms with Gasteiger partial charge in [-0.05, 0) is 49.6 Å². The number of nitrogens with zero attached hydrogens (tertiary/aromatic N) is 2. The fourth-order valence-electron chi connectivity index (χ4n) is 3.48. The number of aromatic nitrogens is 1. The highest BCUT2D eigenvalue weighted by molar-refractivity contribution is 5.96. The summed E-state index contributed by atoms with van der Waals surface area (Å²) in [4.78, 5) is 5.15. The molecule has 132 valence electrons. The van der Waals surface area contributed by atoms with Crippen molar-refractivity contribution in [3.05, 3.63) is 52.4 Å². The maximum Gasteiger partial charge on any atom is 0.121 e. The van der Waals surface area contributed by atoms with Gasteiger partial charge in [0, 0.05) is 17.3 Å². The van der Waals surface area contributed by atoms with Crippen molar-refractivity contribution in [2.45, 2.75) is 33.4 Å². The molecule has 0 unspecified atom stereocenters. The van der Waals surface area contributed by atoms with Gasteiger partial charge in [0.05, 0.1) is 17.6 Å². The Kier molecular flexibility index (Phi) is 5.06. The molecule has 1 aromatic heterocycles. The number of aliphatic hydroxyl groups excluding tert-OH is 1. The van der Waals surface area contributed by atoms with Crippen LogP contribution in [0.3, 0.4) is 0 Å². The maximum absolute atomic E-state index is 9.85. The smallest absolute Gasteiger partial charge is 0.121 e. The number of fused-ring (bicyclic) bond motifs is 2. The summed E-state index contributed by atoms with van der Waals surface area (Å²) in [6.45, 7) is 5.65. The summed E-state index contributed by atoms with van der Waals surface area (Å²) in [6.07, 6.45) is 0.881. The minimum Gasteiger partial charge on any atom is -0.399 e. The zero-order chi connectivity index (χ0) is 18.0. The standard InChI is InChI=1S/C20H25N3O2/c1-13-8-9-16-19(22-25-3)18-15(12-24)6-4-7-17(18)23(11-5-10-21)20(16)14(13)2/h4,6-9,24H,5,10-12,21H2,1-3H3. The van der Waals surface area contributed by atoms with Crippen LogP contribution in [0.4, 0.5) is 0 Å². The third-order valence-electron chi connectivity index (χ3n) is 4.82. The Morgan fingerprint density at radius 3 is 2.68 bits per heavy atom. The van der Waals surface area contributed by atoms with Crippen molar-refractivity contribution in [2.75, 3.05) is 13.7 Å². The third-order valence-corrected chi connectivity index (χ3v) is 4.82. The van der Waals surface area contributed by atoms with Crippen molar-refractivity contribution in [3.63, 3.8) is 0 Å². The molecule has 3 aromatic rings. The molecule has 0 spiro atoms. The summed E-state index contributed by atoms with van der Waals surface area (Å²) in [5.41, 5.74) is 11.3. The van der Waals surface area contributed by atoms with E-state index < -0.39 is 0 Å². The molecule has 0 aliphatic carbocycles. The van der Waals surface area contributed by atoms with Crippen LogP contribution in [0.1, 0.15) is 23.1 Å². The summed E-state index contributed by atoms with van der Waals surface area (Å²) in [5, 5.41) is 16.9. The first kappa shape index (κ1) is 17.5. The van der Waals surface area contributed by atoms with Crippen molar-refractivity contribution in [1.82, 2.24) is 4.57 Å². The first-order valence-electron chi connectivity index (χ1n) is 8.56. The van der Waals surface area contributed by atoms with Gasteiger partial charge in [0.25, 0.3) is 0 Å². The number of hydrogen-bond acceptors (Lipinski definition) is 4. The lowest BCUT2D eigenvalue weighted by molar-refractivity contribution is 0.201. The van der Waals surface area contributed by atoms with Gasteiger partial charge in [-0.3, -0.25) is 0 Å². The first-order valence-corrected chi connectivity index (χ1v) is 8.56. The molecule has 0 saturated carbocycles. The van der Waals surface area contributed by atoms with Gasteiger partial charge in [-0.2, -0.15) is 0 Å². The number of benzene rings is 2. The summed E-state index contributed by atoms with van der Waals surface area (Å²) >= 11 is 0. The van der Waals surface area contributed by atoms with E-state index in [9.17, 15) is 5.11 Å². The molecule has 2 aromatic carbocycles. The predicted molar refractivity (Wildman–Crippen MR) is 101 cm³/mol. The van der Waals surface area contributed by atoms with Gasteiger partial charge >= 0.3 is 0 Å². The number of aryl methyl sites for hydroxylation is 3. The molecule has 0 saturated heterocycles. The Labute approximate surface area is 147 Å². The van der Waals surface area contributed by atoms with Gasteiger partial charge in [-0.25, -0.2) is 0 Å². The van der Waals surface area contributed by atoms with E-state index >= 15 is 0 Å². The average Bonchev–Trinajstić information content (AvgIpc) is 2.63. The zero-order valence-corrected chi connectivity index (χ0v) is 15.0. The molecular formula is C20H25N3O2. The Morgan fingerprint density at radius 1 is 1.20 bits per heavy atom. The summed E-state index contributed by atoms with van der Waals surface area (Å²) in [7, 11) is 1.55. The van der Waals surface area contributed by atoms with Crippen LogP contribution in [0, 0.1) is 13.8 Å². The van der Waals surface area contributed by atoms with Crippen LogP contribution in [-0.2, 0) is 18.0 Å². The molecule has 0 aliphatic heterocycles. The van der Waals surface area contributed by atoms with Crippen molar-refractivity contribution >= 4 is 21.8 Å². The van der Waals surface area contributed by atoms with Crippen molar-refractivity contribution in [3.8, 4) is 0 Å².